The van der Waals surface area contributed by atoms with Crippen LogP contribution in [-0.2, 0) is 27.3 Å². The molecule has 0 bridgehead atoms. The van der Waals surface area contributed by atoms with Crippen LogP contribution in [0.1, 0.15) is 43.4 Å². The summed E-state index contributed by atoms with van der Waals surface area (Å²) in [5.74, 6) is 1.40. The minimum Gasteiger partial charge on any atom is -0.463 e. The van der Waals surface area contributed by atoms with E-state index < -0.39 is 0 Å². The Morgan fingerprint density at radius 3 is 2.80 bits per heavy atom. The molecule has 0 radical (unpaired) electrons. The second-order valence-electron chi connectivity index (χ2n) is 10.1. The number of nitrogens with zero attached hydrogens (tertiary/aromatic N) is 4. The number of hydrogen-bond acceptors (Lipinski definition) is 8. The van der Waals surface area contributed by atoms with E-state index in [1.807, 2.05) is 26.0 Å². The fourth-order valence-electron chi connectivity index (χ4n) is 5.13. The van der Waals surface area contributed by atoms with Crippen LogP contribution in [0.5, 0.6) is 0 Å². The lowest BCUT2D eigenvalue weighted by Gasteiger charge is -2.38. The lowest BCUT2D eigenvalue weighted by Crippen LogP contribution is -2.50. The molecule has 2 fully saturated rings. The lowest BCUT2D eigenvalue weighted by atomic mass is 9.87. The number of ether oxygens (including phenoxy) is 2. The van der Waals surface area contributed by atoms with E-state index in [2.05, 4.69) is 21.2 Å². The summed E-state index contributed by atoms with van der Waals surface area (Å²) >= 11 is 0. The third-order valence-corrected chi connectivity index (χ3v) is 7.06. The number of anilines is 1. The van der Waals surface area contributed by atoms with Crippen molar-refractivity contribution in [1.82, 2.24) is 15.2 Å². The molecule has 186 valence electrons. The molecule has 0 aliphatic carbocycles. The zero-order chi connectivity index (χ0) is 24.4. The molecule has 2 aromatic rings. The minimum absolute atomic E-state index is 0.0286. The van der Waals surface area contributed by atoms with Crippen molar-refractivity contribution in [2.75, 3.05) is 50.8 Å². The topological polar surface area (TPSA) is 104 Å². The van der Waals surface area contributed by atoms with Gasteiger partial charge in [-0.25, -0.2) is 4.98 Å². The molecular weight excluding hydrogens is 446 g/mol. The summed E-state index contributed by atoms with van der Waals surface area (Å²) in [5.41, 5.74) is 2.94. The van der Waals surface area contributed by atoms with E-state index >= 15 is 0 Å². The van der Waals surface area contributed by atoms with Crippen LogP contribution < -0.4 is 10.2 Å². The van der Waals surface area contributed by atoms with Gasteiger partial charge in [-0.15, -0.1) is 0 Å². The third kappa shape index (κ3) is 5.20. The summed E-state index contributed by atoms with van der Waals surface area (Å²) in [6.07, 6.45) is 4.50. The van der Waals surface area contributed by atoms with Crippen LogP contribution in [0.25, 0.3) is 11.5 Å². The Labute approximate surface area is 206 Å². The maximum Gasteiger partial charge on any atom is 0.234 e. The molecule has 3 aliphatic rings. The van der Waals surface area contributed by atoms with Crippen LogP contribution in [0.3, 0.4) is 0 Å². The van der Waals surface area contributed by atoms with Gasteiger partial charge in [-0.05, 0) is 44.4 Å². The fourth-order valence-corrected chi connectivity index (χ4v) is 5.13. The van der Waals surface area contributed by atoms with Crippen molar-refractivity contribution in [3.8, 4) is 17.5 Å². The maximum absolute atomic E-state index is 12.4. The first-order chi connectivity index (χ1) is 16.9. The van der Waals surface area contributed by atoms with E-state index in [4.69, 9.17) is 18.9 Å². The molecule has 5 heterocycles. The lowest BCUT2D eigenvalue weighted by molar-refractivity contribution is -0.122. The van der Waals surface area contributed by atoms with Crippen molar-refractivity contribution < 1.29 is 18.7 Å². The largest absolute Gasteiger partial charge is 0.463 e. The van der Waals surface area contributed by atoms with Crippen molar-refractivity contribution in [2.24, 2.45) is 0 Å². The number of amides is 1. The second-order valence-corrected chi connectivity index (χ2v) is 10.1. The van der Waals surface area contributed by atoms with Crippen LogP contribution in [0, 0.1) is 11.3 Å². The molecule has 5 rings (SSSR count). The average Bonchev–Trinajstić information content (AvgIpc) is 3.56. The molecule has 2 aromatic heterocycles. The molecule has 2 saturated heterocycles. The monoisotopic (exact) mass is 479 g/mol. The summed E-state index contributed by atoms with van der Waals surface area (Å²) in [7, 11) is 0. The highest BCUT2D eigenvalue weighted by Crippen LogP contribution is 2.39. The van der Waals surface area contributed by atoms with Gasteiger partial charge in [-0.1, -0.05) is 0 Å². The molecule has 3 aliphatic heterocycles. The van der Waals surface area contributed by atoms with Gasteiger partial charge in [-0.2, -0.15) is 5.26 Å². The van der Waals surface area contributed by atoms with Crippen molar-refractivity contribution in [3.05, 3.63) is 35.1 Å². The maximum atomic E-state index is 12.4. The molecule has 0 spiro atoms. The molecule has 1 atom stereocenters. The molecule has 9 heteroatoms. The molecule has 35 heavy (non-hydrogen) atoms. The summed E-state index contributed by atoms with van der Waals surface area (Å²) in [6.45, 7) is 9.06. The fraction of sp³-hybridized carbons (Fsp3) is 0.577. The number of furan rings is 1. The third-order valence-electron chi connectivity index (χ3n) is 7.06. The van der Waals surface area contributed by atoms with Crippen LogP contribution in [-0.4, -0.2) is 73.4 Å². The summed E-state index contributed by atoms with van der Waals surface area (Å²) < 4.78 is 17.3. The Balaban J connectivity index is 1.31. The van der Waals surface area contributed by atoms with Gasteiger partial charge >= 0.3 is 0 Å². The first-order valence-electron chi connectivity index (χ1n) is 12.4. The van der Waals surface area contributed by atoms with E-state index in [0.717, 1.165) is 49.4 Å². The Hall–Kier alpha value is -2.93. The quantitative estimate of drug-likeness (QED) is 0.674. The highest BCUT2D eigenvalue weighted by molar-refractivity contribution is 5.78. The first-order valence-corrected chi connectivity index (χ1v) is 12.4. The summed E-state index contributed by atoms with van der Waals surface area (Å²) in [4.78, 5) is 21.7. The van der Waals surface area contributed by atoms with Gasteiger partial charge in [0.05, 0.1) is 36.7 Å². The van der Waals surface area contributed by atoms with E-state index in [1.54, 1.807) is 6.26 Å². The number of fused-ring (bicyclic) bond motifs is 1. The molecule has 1 amide bonds. The number of aromatic nitrogens is 1. The first kappa shape index (κ1) is 23.8. The SMILES string of the molecule is CC1(C)Cc2c(C#N)c(N3CCN(CC(=O)NCC4CCCO4)CC3)nc(-c3ccco3)c2CO1. The summed E-state index contributed by atoms with van der Waals surface area (Å²) in [6, 6.07) is 6.18. The molecular formula is C26H33N5O4. The van der Waals surface area contributed by atoms with Crippen molar-refractivity contribution in [3.63, 3.8) is 0 Å². The number of nitrogens with one attached hydrogen (secondary N) is 1. The van der Waals surface area contributed by atoms with Gasteiger partial charge in [0, 0.05) is 51.3 Å². The van der Waals surface area contributed by atoms with Gasteiger partial charge in [-0.3, -0.25) is 9.69 Å². The zero-order valence-electron chi connectivity index (χ0n) is 20.5. The Bertz CT molecular complexity index is 1090. The number of hydrogen-bond donors (Lipinski definition) is 1. The summed E-state index contributed by atoms with van der Waals surface area (Å²) in [5, 5.41) is 13.2. The smallest absolute Gasteiger partial charge is 0.234 e. The number of nitriles is 1. The Kier molecular flexibility index (Phi) is 6.78. The minimum atomic E-state index is -0.354. The van der Waals surface area contributed by atoms with E-state index in [9.17, 15) is 10.1 Å². The number of pyridine rings is 1. The number of carbonyl (C=O) groups excluding carboxylic acids is 1. The number of rotatable bonds is 6. The van der Waals surface area contributed by atoms with Gasteiger partial charge < -0.3 is 24.1 Å². The standard InChI is InChI=1S/C26H33N5O4/c1-26(2)13-19-20(14-27)25(29-24(21(19)17-35-26)22-6-4-12-34-22)31-9-7-30(8-10-31)16-23(32)28-15-18-5-3-11-33-18/h4,6,12,18H,3,5,7-11,13,15-17H2,1-2H3,(H,28,32). The molecule has 0 saturated carbocycles. The zero-order valence-corrected chi connectivity index (χ0v) is 20.5. The number of piperazine rings is 1. The van der Waals surface area contributed by atoms with E-state index in [-0.39, 0.29) is 17.6 Å². The average molecular weight is 480 g/mol. The normalized spacial score (nSPS) is 22.0. The molecule has 1 unspecified atom stereocenters. The van der Waals surface area contributed by atoms with Crippen LogP contribution in [0.2, 0.25) is 0 Å². The van der Waals surface area contributed by atoms with Gasteiger partial charge in [0.1, 0.15) is 17.6 Å². The van der Waals surface area contributed by atoms with E-state index in [0.29, 0.717) is 56.3 Å². The Morgan fingerprint density at radius 1 is 1.29 bits per heavy atom. The van der Waals surface area contributed by atoms with Gasteiger partial charge in [0.25, 0.3) is 0 Å². The van der Waals surface area contributed by atoms with Crippen LogP contribution >= 0.6 is 0 Å². The van der Waals surface area contributed by atoms with Crippen molar-refractivity contribution in [1.29, 1.82) is 5.26 Å². The highest BCUT2D eigenvalue weighted by atomic mass is 16.5. The van der Waals surface area contributed by atoms with Gasteiger partial charge in [0.15, 0.2) is 5.76 Å². The van der Waals surface area contributed by atoms with Crippen LogP contribution in [0.4, 0.5) is 5.82 Å². The second kappa shape index (κ2) is 9.97. The molecule has 0 aromatic carbocycles. The van der Waals surface area contributed by atoms with E-state index in [1.165, 1.54) is 0 Å². The molecule has 1 N–H and O–H groups in total. The molecule has 9 nitrogen and oxygen atoms in total. The van der Waals surface area contributed by atoms with Crippen LogP contribution in [0.15, 0.2) is 22.8 Å². The predicted molar refractivity (Wildman–Crippen MR) is 130 cm³/mol. The Morgan fingerprint density at radius 2 is 2.11 bits per heavy atom. The van der Waals surface area contributed by atoms with Crippen molar-refractivity contribution >= 4 is 11.7 Å². The number of carbonyl (C=O) groups is 1. The predicted octanol–water partition coefficient (Wildman–Crippen LogP) is 2.48. The van der Waals surface area contributed by atoms with Crippen molar-refractivity contribution in [2.45, 2.75) is 51.4 Å². The van der Waals surface area contributed by atoms with Gasteiger partial charge in [0.2, 0.25) is 5.91 Å². The highest BCUT2D eigenvalue weighted by Gasteiger charge is 2.34.